The van der Waals surface area contributed by atoms with Gasteiger partial charge in [0.1, 0.15) is 13.2 Å². The molecule has 0 saturated heterocycles. The van der Waals surface area contributed by atoms with Crippen LogP contribution in [0.1, 0.15) is 47.9 Å². The number of thiol groups is 1. The van der Waals surface area contributed by atoms with Crippen LogP contribution in [0.3, 0.4) is 0 Å². The number of hydrogen-bond donors (Lipinski definition) is 1. The topological polar surface area (TPSA) is 127 Å². The first-order valence-electron chi connectivity index (χ1n) is 14.0. The van der Waals surface area contributed by atoms with E-state index in [0.29, 0.717) is 33.0 Å². The molecule has 4 aromatic rings. The number of esters is 2. The molecule has 1 atom stereocenters. The molecule has 4 aromatic carbocycles. The van der Waals surface area contributed by atoms with E-state index in [1.54, 1.807) is 48.5 Å². The van der Waals surface area contributed by atoms with E-state index in [-0.39, 0.29) is 38.5 Å². The van der Waals surface area contributed by atoms with E-state index in [1.165, 1.54) is 0 Å². The largest absolute Gasteiger partial charge is 0.464 e. The number of ether oxygens (including phenoxy) is 2. The molecule has 0 fully saturated rings. The first-order valence-corrected chi connectivity index (χ1v) is 14.6. The lowest BCUT2D eigenvalue weighted by molar-refractivity contribution is -0.154. The zero-order valence-corrected chi connectivity index (χ0v) is 24.3. The van der Waals surface area contributed by atoms with Crippen molar-refractivity contribution in [3.8, 4) is 0 Å². The Morgan fingerprint density at radius 2 is 1.00 bits per heavy atom. The summed E-state index contributed by atoms with van der Waals surface area (Å²) in [7, 11) is 0. The number of hydrogen-bond acceptors (Lipinski definition) is 9. The van der Waals surface area contributed by atoms with Crippen molar-refractivity contribution in [1.29, 1.82) is 0 Å². The van der Waals surface area contributed by atoms with Gasteiger partial charge in [0.25, 0.3) is 23.6 Å². The average Bonchev–Trinajstić information content (AvgIpc) is 3.04. The van der Waals surface area contributed by atoms with Gasteiger partial charge in [-0.25, -0.2) is 0 Å². The SMILES string of the molecule is O=C(CC(CS)C(=O)OCCN1C(=O)c2cccc3cccc(c23)C1=O)OCCN1C(=O)c2cccc3cccc(c23)C1=O. The van der Waals surface area contributed by atoms with Crippen LogP contribution in [0.15, 0.2) is 72.8 Å². The first kappa shape index (κ1) is 29.1. The van der Waals surface area contributed by atoms with Crippen LogP contribution in [0.2, 0.25) is 0 Å². The summed E-state index contributed by atoms with van der Waals surface area (Å²) in [5.41, 5.74) is 1.59. The van der Waals surface area contributed by atoms with Gasteiger partial charge in [0.2, 0.25) is 0 Å². The minimum Gasteiger partial charge on any atom is -0.464 e. The Balaban J connectivity index is 1.00. The highest BCUT2D eigenvalue weighted by molar-refractivity contribution is 7.80. The van der Waals surface area contributed by atoms with Crippen LogP contribution in [0.25, 0.3) is 21.5 Å². The number of carbonyl (C=O) groups is 6. The number of amides is 4. The highest BCUT2D eigenvalue weighted by Gasteiger charge is 2.34. The fourth-order valence-electron chi connectivity index (χ4n) is 5.66. The molecule has 222 valence electrons. The molecule has 1 unspecified atom stereocenters. The molecule has 10 nitrogen and oxygen atoms in total. The fourth-order valence-corrected chi connectivity index (χ4v) is 5.93. The van der Waals surface area contributed by atoms with Crippen LogP contribution in [0, 0.1) is 5.92 Å². The molecule has 4 amide bonds. The average molecular weight is 611 g/mol. The quantitative estimate of drug-likeness (QED) is 0.163. The summed E-state index contributed by atoms with van der Waals surface area (Å²) >= 11 is 4.16. The van der Waals surface area contributed by atoms with Gasteiger partial charge in [0.15, 0.2) is 0 Å². The zero-order valence-electron chi connectivity index (χ0n) is 23.4. The molecule has 0 aromatic heterocycles. The molecule has 2 heterocycles. The Kier molecular flexibility index (Phi) is 7.88. The van der Waals surface area contributed by atoms with Gasteiger partial charge >= 0.3 is 11.9 Å². The van der Waals surface area contributed by atoms with Crippen molar-refractivity contribution in [2.45, 2.75) is 6.42 Å². The summed E-state index contributed by atoms with van der Waals surface area (Å²) in [5, 5.41) is 2.77. The highest BCUT2D eigenvalue weighted by atomic mass is 32.1. The number of benzene rings is 4. The summed E-state index contributed by atoms with van der Waals surface area (Å²) < 4.78 is 10.6. The molecule has 0 spiro atoms. The Hall–Kier alpha value is -5.03. The molecule has 6 rings (SSSR count). The molecule has 2 aliphatic heterocycles. The molecule has 0 radical (unpaired) electrons. The van der Waals surface area contributed by atoms with Gasteiger partial charge in [-0.1, -0.05) is 48.5 Å². The standard InChI is InChI=1S/C33H26N2O8S/c36-26(42-15-13-34-29(37)22-9-1-5-19-6-2-10-23(27(19)22)30(34)38)17-21(18-44)33(41)43-16-14-35-31(39)24-11-3-7-20-8-4-12-25(28(20)24)32(35)40/h1-12,21,44H,13-18H2. The van der Waals surface area contributed by atoms with Gasteiger partial charge in [0, 0.05) is 38.8 Å². The van der Waals surface area contributed by atoms with Gasteiger partial charge in [-0.05, 0) is 35.0 Å². The fraction of sp³-hybridized carbons (Fsp3) is 0.212. The monoisotopic (exact) mass is 610 g/mol. The lowest BCUT2D eigenvalue weighted by Gasteiger charge is -2.27. The molecular formula is C33H26N2O8S. The van der Waals surface area contributed by atoms with Gasteiger partial charge in [-0.2, -0.15) is 12.6 Å². The molecule has 0 N–H and O–H groups in total. The summed E-state index contributed by atoms with van der Waals surface area (Å²) in [6.45, 7) is -0.830. The van der Waals surface area contributed by atoms with Gasteiger partial charge < -0.3 is 9.47 Å². The Morgan fingerprint density at radius 1 is 0.614 bits per heavy atom. The zero-order chi connectivity index (χ0) is 31.0. The van der Waals surface area contributed by atoms with E-state index in [9.17, 15) is 28.8 Å². The Labute approximate surface area is 256 Å². The Bertz CT molecular complexity index is 1790. The lowest BCUT2D eigenvalue weighted by atomic mass is 9.94. The van der Waals surface area contributed by atoms with Crippen molar-refractivity contribution in [2.24, 2.45) is 5.92 Å². The first-order chi connectivity index (χ1) is 21.3. The maximum Gasteiger partial charge on any atom is 0.310 e. The molecule has 44 heavy (non-hydrogen) atoms. The smallest absolute Gasteiger partial charge is 0.310 e. The highest BCUT2D eigenvalue weighted by Crippen LogP contribution is 2.31. The normalized spacial score (nSPS) is 14.8. The molecule has 0 aliphatic carbocycles. The van der Waals surface area contributed by atoms with E-state index in [0.717, 1.165) is 20.6 Å². The van der Waals surface area contributed by atoms with E-state index in [1.807, 2.05) is 24.3 Å². The van der Waals surface area contributed by atoms with Gasteiger partial charge in [-0.15, -0.1) is 0 Å². The lowest BCUT2D eigenvalue weighted by Crippen LogP contribution is -2.42. The second kappa shape index (κ2) is 11.9. The number of carbonyl (C=O) groups excluding carboxylic acids is 6. The molecular weight excluding hydrogens is 584 g/mol. The predicted molar refractivity (Wildman–Crippen MR) is 163 cm³/mol. The van der Waals surface area contributed by atoms with E-state index in [2.05, 4.69) is 12.6 Å². The Morgan fingerprint density at radius 3 is 1.39 bits per heavy atom. The number of imide groups is 2. The second-order valence-corrected chi connectivity index (χ2v) is 10.8. The minimum absolute atomic E-state index is 0.0191. The third kappa shape index (κ3) is 5.09. The number of rotatable bonds is 10. The van der Waals surface area contributed by atoms with E-state index >= 15 is 0 Å². The summed E-state index contributed by atoms with van der Waals surface area (Å²) in [4.78, 5) is 79.4. The van der Waals surface area contributed by atoms with Crippen LogP contribution in [0.4, 0.5) is 0 Å². The summed E-state index contributed by atoms with van der Waals surface area (Å²) in [6.07, 6.45) is -0.344. The maximum atomic E-state index is 13.0. The predicted octanol–water partition coefficient (Wildman–Crippen LogP) is 3.91. The molecule has 0 saturated carbocycles. The minimum atomic E-state index is -0.948. The third-order valence-electron chi connectivity index (χ3n) is 7.82. The van der Waals surface area contributed by atoms with E-state index < -0.39 is 41.5 Å². The van der Waals surface area contributed by atoms with Crippen molar-refractivity contribution in [3.05, 3.63) is 95.1 Å². The number of nitrogens with zero attached hydrogens (tertiary/aromatic N) is 2. The third-order valence-corrected chi connectivity index (χ3v) is 8.26. The van der Waals surface area contributed by atoms with Gasteiger partial charge in [0.05, 0.1) is 25.4 Å². The molecule has 11 heteroatoms. The van der Waals surface area contributed by atoms with Crippen molar-refractivity contribution in [3.63, 3.8) is 0 Å². The van der Waals surface area contributed by atoms with E-state index in [4.69, 9.17) is 9.47 Å². The van der Waals surface area contributed by atoms with Crippen LogP contribution < -0.4 is 0 Å². The van der Waals surface area contributed by atoms with Crippen LogP contribution in [-0.4, -0.2) is 77.4 Å². The molecule has 2 aliphatic rings. The van der Waals surface area contributed by atoms with Crippen LogP contribution >= 0.6 is 12.6 Å². The van der Waals surface area contributed by atoms with Crippen molar-refractivity contribution >= 4 is 69.7 Å². The summed E-state index contributed by atoms with van der Waals surface area (Å²) in [5.74, 6) is -4.33. The van der Waals surface area contributed by atoms with Crippen LogP contribution in [-0.2, 0) is 19.1 Å². The van der Waals surface area contributed by atoms with Gasteiger partial charge in [-0.3, -0.25) is 38.6 Å². The van der Waals surface area contributed by atoms with Crippen molar-refractivity contribution in [2.75, 3.05) is 32.1 Å². The maximum absolute atomic E-state index is 13.0. The van der Waals surface area contributed by atoms with Crippen molar-refractivity contribution < 1.29 is 38.2 Å². The summed E-state index contributed by atoms with van der Waals surface area (Å²) in [6, 6.07) is 20.9. The molecule has 0 bridgehead atoms. The van der Waals surface area contributed by atoms with Crippen LogP contribution in [0.5, 0.6) is 0 Å². The second-order valence-electron chi connectivity index (χ2n) is 10.4. The van der Waals surface area contributed by atoms with Crippen molar-refractivity contribution in [1.82, 2.24) is 9.80 Å².